The molecule has 0 amide bonds. The molecule has 1 aliphatic rings. The second-order valence-corrected chi connectivity index (χ2v) is 15.9. The molecule has 5 rings (SSSR count). The van der Waals surface area contributed by atoms with Crippen LogP contribution in [0.3, 0.4) is 0 Å². The van der Waals surface area contributed by atoms with Crippen LogP contribution in [-0.2, 0) is 26.9 Å². The van der Waals surface area contributed by atoms with E-state index in [4.69, 9.17) is 0 Å². The van der Waals surface area contributed by atoms with Crippen LogP contribution in [0.2, 0.25) is 0 Å². The summed E-state index contributed by atoms with van der Waals surface area (Å²) in [4.78, 5) is 0. The quantitative estimate of drug-likeness (QED) is 0.166. The average Bonchev–Trinajstić information content (AvgIpc) is 3.19. The smallest absolute Gasteiger partial charge is 1.00 e. The number of aryl methyl sites for hydroxylation is 6. The van der Waals surface area contributed by atoms with E-state index in [9.17, 15) is 0 Å². The maximum absolute atomic E-state index is 2.57. The summed E-state index contributed by atoms with van der Waals surface area (Å²) in [6, 6.07) is 32.8. The molecule has 0 saturated carbocycles. The van der Waals surface area contributed by atoms with Gasteiger partial charge in [0.2, 0.25) is 0 Å². The van der Waals surface area contributed by atoms with Gasteiger partial charge in [-0.15, -0.1) is 0 Å². The summed E-state index contributed by atoms with van der Waals surface area (Å²) < 4.78 is 1.50. The van der Waals surface area contributed by atoms with E-state index in [-0.39, 0.29) is 37.2 Å². The molecule has 0 radical (unpaired) electrons. The minimum absolute atomic E-state index is 0. The molecule has 0 atom stereocenters. The Morgan fingerprint density at radius 2 is 0.927 bits per heavy atom. The second kappa shape index (κ2) is 14.6. The van der Waals surface area contributed by atoms with E-state index < -0.39 is 8.07 Å². The van der Waals surface area contributed by atoms with Crippen molar-refractivity contribution in [3.05, 3.63) is 145 Å². The fourth-order valence-corrected chi connectivity index (χ4v) is 13.5. The van der Waals surface area contributed by atoms with E-state index in [1.165, 1.54) is 64.0 Å². The van der Waals surface area contributed by atoms with Crippen molar-refractivity contribution in [3.63, 3.8) is 0 Å². The Bertz CT molecular complexity index is 1400. The number of rotatable bonds is 6. The first-order chi connectivity index (χ1) is 18.2. The summed E-state index contributed by atoms with van der Waals surface area (Å²) in [6.07, 6.45) is 4.54. The van der Waals surface area contributed by atoms with Crippen LogP contribution >= 0.6 is 0 Å². The predicted octanol–water partition coefficient (Wildman–Crippen LogP) is -2.07. The van der Waals surface area contributed by atoms with Crippen LogP contribution < -0.4 is 52.8 Å². The maximum Gasteiger partial charge on any atom is -1.00 e. The molecule has 0 unspecified atom stereocenters. The Hall–Kier alpha value is -1.84. The fraction of sp³-hybridized carbons (Fsp3) is 0.222. The molecular formula is C36H37Cl3SiTi. The summed E-state index contributed by atoms with van der Waals surface area (Å²) in [5.74, 6) is 0. The molecule has 1 aliphatic carbocycles. The zero-order chi connectivity index (χ0) is 27.0. The minimum Gasteiger partial charge on any atom is -1.00 e. The van der Waals surface area contributed by atoms with Crippen molar-refractivity contribution in [1.29, 1.82) is 0 Å². The third-order valence-electron chi connectivity index (χ3n) is 7.83. The molecule has 0 heterocycles. The SMILES string of the molecule is Cc1cc(C)cc([Si](C2=[C]([Ti+3])C(Cc3ccccc3)=CC2)(c2cc(C)cc(C)c2)c2cc(C)cc(C)c2)c1.[Cl-].[Cl-].[Cl-]. The summed E-state index contributed by atoms with van der Waals surface area (Å²) in [6.45, 7) is 13.5. The van der Waals surface area contributed by atoms with Crippen LogP contribution in [0.1, 0.15) is 45.4 Å². The number of hydrogen-bond acceptors (Lipinski definition) is 0. The minimum atomic E-state index is -2.57. The number of halogens is 3. The van der Waals surface area contributed by atoms with Crippen LogP contribution in [0.4, 0.5) is 0 Å². The summed E-state index contributed by atoms with van der Waals surface area (Å²) in [5, 5.41) is 6.17. The fourth-order valence-electron chi connectivity index (χ4n) is 6.54. The van der Waals surface area contributed by atoms with Crippen molar-refractivity contribution in [2.24, 2.45) is 0 Å². The van der Waals surface area contributed by atoms with Gasteiger partial charge in [0.05, 0.1) is 0 Å². The standard InChI is InChI=1S/C36H37Si.3ClH.Ti/c1-25-14-26(2)18-34(17-25)37(35-19-27(3)15-28(4)20-35,36-21-29(5)16-30(6)22-36)33-13-12-32(24-33)23-31-10-8-7-9-11-31;;;;/h7-12,14-22H,13,23H2,1-6H3;3*1H;/q;;;;+3/p-3. The first-order valence-electron chi connectivity index (χ1n) is 13.6. The number of hydrogen-bond donors (Lipinski definition) is 0. The third kappa shape index (κ3) is 7.22. The van der Waals surface area contributed by atoms with Crippen LogP contribution in [0, 0.1) is 41.5 Å². The molecule has 0 spiro atoms. The first-order valence-corrected chi connectivity index (χ1v) is 16.4. The van der Waals surface area contributed by atoms with Crippen molar-refractivity contribution in [2.45, 2.75) is 54.4 Å². The molecule has 0 aliphatic heterocycles. The maximum atomic E-state index is 2.52. The van der Waals surface area contributed by atoms with E-state index in [2.05, 4.69) is 153 Å². The van der Waals surface area contributed by atoms with Gasteiger partial charge in [0.15, 0.2) is 0 Å². The molecule has 0 saturated heterocycles. The van der Waals surface area contributed by atoms with Crippen LogP contribution in [-0.4, -0.2) is 8.07 Å². The zero-order valence-corrected chi connectivity index (χ0v) is 29.5. The van der Waals surface area contributed by atoms with Gasteiger partial charge in [-0.05, 0) is 0 Å². The molecule has 4 aromatic rings. The molecule has 0 bridgehead atoms. The van der Waals surface area contributed by atoms with Gasteiger partial charge in [0.25, 0.3) is 0 Å². The predicted molar refractivity (Wildman–Crippen MR) is 162 cm³/mol. The summed E-state index contributed by atoms with van der Waals surface area (Å²) >= 11 is 2.40. The van der Waals surface area contributed by atoms with Crippen molar-refractivity contribution < 1.29 is 57.7 Å². The molecule has 41 heavy (non-hydrogen) atoms. The van der Waals surface area contributed by atoms with E-state index in [1.54, 1.807) is 5.20 Å². The van der Waals surface area contributed by atoms with Crippen molar-refractivity contribution in [2.75, 3.05) is 0 Å². The molecule has 5 heteroatoms. The van der Waals surface area contributed by atoms with E-state index >= 15 is 0 Å². The molecule has 0 nitrogen and oxygen atoms in total. The van der Waals surface area contributed by atoms with Gasteiger partial charge in [-0.25, -0.2) is 0 Å². The monoisotopic (exact) mass is 650 g/mol. The van der Waals surface area contributed by atoms with Crippen LogP contribution in [0.15, 0.2) is 106 Å². The molecule has 0 fully saturated rings. The normalized spacial score (nSPS) is 12.7. The Morgan fingerprint density at radius 1 is 0.561 bits per heavy atom. The number of benzene rings is 4. The Labute approximate surface area is 278 Å². The third-order valence-corrected chi connectivity index (χ3v) is 14.0. The van der Waals surface area contributed by atoms with Crippen LogP contribution in [0.5, 0.6) is 0 Å². The van der Waals surface area contributed by atoms with Gasteiger partial charge in [0, 0.05) is 0 Å². The van der Waals surface area contributed by atoms with Gasteiger partial charge in [-0.1, -0.05) is 0 Å². The van der Waals surface area contributed by atoms with Gasteiger partial charge >= 0.3 is 243 Å². The van der Waals surface area contributed by atoms with Crippen LogP contribution in [0.25, 0.3) is 0 Å². The van der Waals surface area contributed by atoms with E-state index in [0.29, 0.717) is 0 Å². The van der Waals surface area contributed by atoms with Gasteiger partial charge in [-0.2, -0.15) is 0 Å². The second-order valence-electron chi connectivity index (χ2n) is 11.3. The van der Waals surface area contributed by atoms with Crippen molar-refractivity contribution in [3.8, 4) is 0 Å². The summed E-state index contributed by atoms with van der Waals surface area (Å²) in [5.41, 5.74) is 11.0. The van der Waals surface area contributed by atoms with Gasteiger partial charge in [-0.3, -0.25) is 0 Å². The molecule has 4 aromatic carbocycles. The van der Waals surface area contributed by atoms with Crippen molar-refractivity contribution >= 4 is 23.6 Å². The molecule has 210 valence electrons. The molecular weight excluding hydrogens is 615 g/mol. The van der Waals surface area contributed by atoms with E-state index in [1.807, 2.05) is 0 Å². The topological polar surface area (TPSA) is 0 Å². The Morgan fingerprint density at radius 3 is 1.29 bits per heavy atom. The summed E-state index contributed by atoms with van der Waals surface area (Å²) in [7, 11) is -2.57. The Kier molecular flexibility index (Phi) is 12.6. The largest absolute Gasteiger partial charge is 1.00 e. The number of allylic oxidation sites excluding steroid dienone is 4. The molecule has 0 aromatic heterocycles. The Balaban J connectivity index is 0.00000196. The van der Waals surface area contributed by atoms with Gasteiger partial charge in [0.1, 0.15) is 0 Å². The van der Waals surface area contributed by atoms with E-state index in [0.717, 1.165) is 12.8 Å². The molecule has 0 N–H and O–H groups in total. The van der Waals surface area contributed by atoms with Crippen molar-refractivity contribution in [1.82, 2.24) is 0 Å². The van der Waals surface area contributed by atoms with Gasteiger partial charge < -0.3 is 37.2 Å². The average molecular weight is 652 g/mol. The zero-order valence-electron chi connectivity index (χ0n) is 24.7. The first kappa shape index (κ1) is 35.4.